The Morgan fingerprint density at radius 3 is 2.00 bits per heavy atom. The Bertz CT molecular complexity index is 285. The van der Waals surface area contributed by atoms with Gasteiger partial charge in [-0.2, -0.15) is 0 Å². The molecule has 0 aliphatic heterocycles. The third kappa shape index (κ3) is 3.49. The Kier molecular flexibility index (Phi) is 3.81. The molecule has 0 N–H and O–H groups in total. The lowest BCUT2D eigenvalue weighted by molar-refractivity contribution is 0.342. The van der Waals surface area contributed by atoms with Crippen LogP contribution < -0.4 is 0 Å². The summed E-state index contributed by atoms with van der Waals surface area (Å²) in [6.45, 7) is 14.7. The van der Waals surface area contributed by atoms with Crippen molar-refractivity contribution in [1.82, 2.24) is 0 Å². The van der Waals surface area contributed by atoms with Gasteiger partial charge in [-0.1, -0.05) is 25.2 Å². The molecule has 0 aromatic rings. The Hall–Kier alpha value is -0.0200. The van der Waals surface area contributed by atoms with Crippen molar-refractivity contribution in [2.24, 2.45) is 21.6 Å². The summed E-state index contributed by atoms with van der Waals surface area (Å²) >= 11 is -1.10. The topological polar surface area (TPSA) is 35.4 Å². The molecular weight excluding hydrogens is 218 g/mol. The van der Waals surface area contributed by atoms with E-state index in [-0.39, 0.29) is 4.75 Å². The van der Waals surface area contributed by atoms with E-state index in [0.29, 0.717) is 17.3 Å². The minimum absolute atomic E-state index is 0.243. The summed E-state index contributed by atoms with van der Waals surface area (Å²) in [7, 11) is 0. The molecule has 1 fully saturated rings. The first-order chi connectivity index (χ1) is 7.03. The summed E-state index contributed by atoms with van der Waals surface area (Å²) < 4.78 is 16.0. The lowest BCUT2D eigenvalue weighted by Crippen LogP contribution is -2.27. The van der Waals surface area contributed by atoms with Gasteiger partial charge in [-0.25, -0.2) is 0 Å². The second-order valence-corrected chi connectivity index (χ2v) is 8.81. The number of hydrogen-bond donors (Lipinski definition) is 0. The smallest absolute Gasteiger partial charge is 0.144 e. The molecule has 1 saturated carbocycles. The van der Waals surface area contributed by atoms with Crippen LogP contribution in [-0.4, -0.2) is 15.0 Å². The van der Waals surface area contributed by atoms with Gasteiger partial charge in [0.05, 0.1) is 5.71 Å². The van der Waals surface area contributed by atoms with Crippen molar-refractivity contribution in [1.29, 1.82) is 0 Å². The monoisotopic (exact) mass is 243 g/mol. The fraction of sp³-hybridized carbons (Fsp3) is 0.923. The van der Waals surface area contributed by atoms with Crippen LogP contribution in [0.3, 0.4) is 0 Å². The molecule has 1 aliphatic rings. The van der Waals surface area contributed by atoms with Gasteiger partial charge < -0.3 is 4.55 Å². The first-order valence-electron chi connectivity index (χ1n) is 6.00. The lowest BCUT2D eigenvalue weighted by Gasteiger charge is -2.20. The van der Waals surface area contributed by atoms with Crippen molar-refractivity contribution in [3.05, 3.63) is 0 Å². The van der Waals surface area contributed by atoms with Crippen LogP contribution in [0.4, 0.5) is 0 Å². The van der Waals surface area contributed by atoms with E-state index in [1.165, 1.54) is 6.42 Å². The highest BCUT2D eigenvalue weighted by Gasteiger charge is 2.47. The average molecular weight is 243 g/mol. The standard InChI is InChI=1S/C13H25NOS/c1-9(14-16(15)13(5,6)7)10-8-11(10)12(2,3)4/h10-11H,8H2,1-7H3/t10-,11+,16?/m1/s1. The van der Waals surface area contributed by atoms with E-state index < -0.39 is 11.4 Å². The first kappa shape index (κ1) is 14.0. The van der Waals surface area contributed by atoms with Gasteiger partial charge in [-0.3, -0.25) is 0 Å². The molecule has 0 aromatic heterocycles. The zero-order valence-electron chi connectivity index (χ0n) is 11.6. The largest absolute Gasteiger partial charge is 0.591 e. The van der Waals surface area contributed by atoms with E-state index >= 15 is 0 Å². The number of rotatable bonds is 2. The van der Waals surface area contributed by atoms with Crippen molar-refractivity contribution in [3.8, 4) is 0 Å². The van der Waals surface area contributed by atoms with Crippen LogP contribution in [0.1, 0.15) is 54.9 Å². The molecule has 3 heteroatoms. The molecule has 0 amide bonds. The third-order valence-electron chi connectivity index (χ3n) is 3.19. The van der Waals surface area contributed by atoms with Gasteiger partial charge in [-0.05, 0) is 45.4 Å². The van der Waals surface area contributed by atoms with Crippen LogP contribution in [0, 0.1) is 17.3 Å². The molecule has 0 spiro atoms. The van der Waals surface area contributed by atoms with Crippen LogP contribution in [0.15, 0.2) is 4.40 Å². The maximum atomic E-state index is 11.9. The molecule has 0 radical (unpaired) electrons. The Morgan fingerprint density at radius 1 is 1.19 bits per heavy atom. The van der Waals surface area contributed by atoms with Crippen LogP contribution in [0.25, 0.3) is 0 Å². The maximum absolute atomic E-state index is 11.9. The fourth-order valence-corrected chi connectivity index (χ4v) is 2.62. The van der Waals surface area contributed by atoms with E-state index in [4.69, 9.17) is 0 Å². The summed E-state index contributed by atoms with van der Waals surface area (Å²) in [5.74, 6) is 1.28. The van der Waals surface area contributed by atoms with Gasteiger partial charge in [0.25, 0.3) is 0 Å². The lowest BCUT2D eigenvalue weighted by atomic mass is 9.88. The van der Waals surface area contributed by atoms with Crippen molar-refractivity contribution in [3.63, 3.8) is 0 Å². The fourth-order valence-electron chi connectivity index (χ4n) is 1.95. The summed E-state index contributed by atoms with van der Waals surface area (Å²) in [5.41, 5.74) is 1.43. The molecular formula is C13H25NOS. The highest BCUT2D eigenvalue weighted by atomic mass is 32.2. The van der Waals surface area contributed by atoms with Gasteiger partial charge >= 0.3 is 0 Å². The second kappa shape index (κ2) is 4.34. The zero-order chi connectivity index (χ0) is 12.7. The van der Waals surface area contributed by atoms with Gasteiger partial charge in [0.1, 0.15) is 16.1 Å². The Labute approximate surface area is 103 Å². The normalized spacial score (nSPS) is 29.1. The second-order valence-electron chi connectivity index (χ2n) is 6.91. The molecule has 0 saturated heterocycles. The van der Waals surface area contributed by atoms with E-state index in [2.05, 4.69) is 25.2 Å². The number of nitrogens with zero attached hydrogens (tertiary/aromatic N) is 1. The predicted octanol–water partition coefficient (Wildman–Crippen LogP) is 3.59. The van der Waals surface area contributed by atoms with Gasteiger partial charge in [0, 0.05) is 5.92 Å². The van der Waals surface area contributed by atoms with Gasteiger partial charge in [0.2, 0.25) is 0 Å². The quantitative estimate of drug-likeness (QED) is 0.539. The zero-order valence-corrected chi connectivity index (χ0v) is 12.4. The van der Waals surface area contributed by atoms with Crippen molar-refractivity contribution in [2.45, 2.75) is 59.6 Å². The minimum Gasteiger partial charge on any atom is -0.591 e. The first-order valence-corrected chi connectivity index (χ1v) is 7.11. The van der Waals surface area contributed by atoms with Gasteiger partial charge in [0.15, 0.2) is 0 Å². The maximum Gasteiger partial charge on any atom is 0.144 e. The Balaban J connectivity index is 2.62. The molecule has 16 heavy (non-hydrogen) atoms. The van der Waals surface area contributed by atoms with Crippen LogP contribution >= 0.6 is 0 Å². The molecule has 0 heterocycles. The van der Waals surface area contributed by atoms with E-state index in [1.807, 2.05) is 27.7 Å². The molecule has 0 bridgehead atoms. The molecule has 1 rings (SSSR count). The van der Waals surface area contributed by atoms with E-state index in [0.717, 1.165) is 5.71 Å². The molecule has 3 atom stereocenters. The summed E-state index contributed by atoms with van der Waals surface area (Å²) in [5, 5.41) is 0. The summed E-state index contributed by atoms with van der Waals surface area (Å²) in [6, 6.07) is 0. The number of hydrogen-bond acceptors (Lipinski definition) is 2. The van der Waals surface area contributed by atoms with Crippen molar-refractivity contribution < 1.29 is 4.55 Å². The molecule has 0 aromatic carbocycles. The molecule has 94 valence electrons. The van der Waals surface area contributed by atoms with Crippen molar-refractivity contribution in [2.75, 3.05) is 0 Å². The summed E-state index contributed by atoms with van der Waals surface area (Å²) in [4.78, 5) is 0. The highest BCUT2D eigenvalue weighted by molar-refractivity contribution is 7.91. The average Bonchev–Trinajstić information content (AvgIpc) is 2.78. The summed E-state index contributed by atoms with van der Waals surface area (Å²) in [6.07, 6.45) is 1.21. The predicted molar refractivity (Wildman–Crippen MR) is 72.1 cm³/mol. The highest BCUT2D eigenvalue weighted by Crippen LogP contribution is 2.51. The van der Waals surface area contributed by atoms with Crippen LogP contribution in [0.2, 0.25) is 0 Å². The third-order valence-corrected chi connectivity index (χ3v) is 4.69. The molecule has 1 aliphatic carbocycles. The minimum atomic E-state index is -1.10. The molecule has 1 unspecified atom stereocenters. The van der Waals surface area contributed by atoms with Crippen molar-refractivity contribution >= 4 is 17.1 Å². The Morgan fingerprint density at radius 2 is 1.69 bits per heavy atom. The SMILES string of the molecule is CC(=N[S+]([O-])C(C)(C)C)[C@H]1C[C@@H]1C(C)(C)C. The van der Waals surface area contributed by atoms with Gasteiger partial charge in [-0.15, -0.1) is 0 Å². The van der Waals surface area contributed by atoms with Crippen LogP contribution in [-0.2, 0) is 11.4 Å². The van der Waals surface area contributed by atoms with Crippen LogP contribution in [0.5, 0.6) is 0 Å². The molecule has 2 nitrogen and oxygen atoms in total. The van der Waals surface area contributed by atoms with E-state index in [1.54, 1.807) is 0 Å². The van der Waals surface area contributed by atoms with E-state index in [9.17, 15) is 4.55 Å².